The predicted molar refractivity (Wildman–Crippen MR) is 110 cm³/mol. The fourth-order valence-corrected chi connectivity index (χ4v) is 3.51. The minimum absolute atomic E-state index is 0.0646. The molecule has 2 N–H and O–H groups in total. The lowest BCUT2D eigenvalue weighted by Gasteiger charge is -2.13. The number of nitrogens with one attached hydrogen (secondary N) is 2. The molecule has 2 rings (SSSR count). The van der Waals surface area contributed by atoms with E-state index in [1.807, 2.05) is 0 Å². The Balaban J connectivity index is 2.11. The number of urea groups is 1. The highest BCUT2D eigenvalue weighted by Gasteiger charge is 2.25. The topological polar surface area (TPSA) is 168 Å². The van der Waals surface area contributed by atoms with Gasteiger partial charge in [-0.3, -0.25) is 10.3 Å². The summed E-state index contributed by atoms with van der Waals surface area (Å²) in [7, 11) is -0.527. The number of methoxy groups -OCH3 is 3. The van der Waals surface area contributed by atoms with E-state index in [1.54, 1.807) is 4.72 Å². The molecular weight excluding hydrogens is 465 g/mol. The normalized spacial score (nSPS) is 11.9. The van der Waals surface area contributed by atoms with Gasteiger partial charge in [0, 0.05) is 19.7 Å². The van der Waals surface area contributed by atoms with Gasteiger partial charge in [-0.15, -0.1) is 0 Å². The molecule has 15 heteroatoms. The SMILES string of the molecule is COCC(=O)OCC(F)Cc1ncccc1S(=O)(=O)NC(=O)Nc1nc(OC)cc(OC)n1. The minimum Gasteiger partial charge on any atom is -0.481 e. The van der Waals surface area contributed by atoms with Crippen LogP contribution in [-0.2, 0) is 30.7 Å². The second-order valence-corrected chi connectivity index (χ2v) is 7.85. The van der Waals surface area contributed by atoms with E-state index >= 15 is 0 Å². The number of anilines is 1. The van der Waals surface area contributed by atoms with Gasteiger partial charge in [0.2, 0.25) is 17.7 Å². The summed E-state index contributed by atoms with van der Waals surface area (Å²) in [4.78, 5) is 34.7. The molecule has 0 aliphatic rings. The van der Waals surface area contributed by atoms with Gasteiger partial charge in [0.25, 0.3) is 10.0 Å². The number of esters is 1. The number of halogens is 1. The van der Waals surface area contributed by atoms with Crippen LogP contribution >= 0.6 is 0 Å². The van der Waals surface area contributed by atoms with Crippen LogP contribution in [-0.4, -0.2) is 76.1 Å². The third-order valence-corrected chi connectivity index (χ3v) is 5.19. The molecule has 0 saturated carbocycles. The van der Waals surface area contributed by atoms with Crippen LogP contribution in [0.2, 0.25) is 0 Å². The van der Waals surface area contributed by atoms with Crippen molar-refractivity contribution in [1.82, 2.24) is 19.7 Å². The number of carbonyl (C=O) groups is 2. The maximum absolute atomic E-state index is 14.3. The second kappa shape index (κ2) is 11.9. The molecule has 33 heavy (non-hydrogen) atoms. The second-order valence-electron chi connectivity index (χ2n) is 6.20. The van der Waals surface area contributed by atoms with Crippen molar-refractivity contribution in [2.45, 2.75) is 17.5 Å². The Kier molecular flexibility index (Phi) is 9.23. The van der Waals surface area contributed by atoms with E-state index in [4.69, 9.17) is 9.47 Å². The summed E-state index contributed by atoms with van der Waals surface area (Å²) in [5.41, 5.74) is -0.174. The lowest BCUT2D eigenvalue weighted by molar-refractivity contribution is -0.149. The Hall–Kier alpha value is -3.59. The third kappa shape index (κ3) is 7.80. The number of hydrogen-bond donors (Lipinski definition) is 2. The van der Waals surface area contributed by atoms with Gasteiger partial charge in [-0.05, 0) is 12.1 Å². The minimum atomic E-state index is -4.46. The van der Waals surface area contributed by atoms with Crippen molar-refractivity contribution in [2.24, 2.45) is 0 Å². The first-order chi connectivity index (χ1) is 15.7. The maximum Gasteiger partial charge on any atom is 0.335 e. The number of alkyl halides is 1. The van der Waals surface area contributed by atoms with Gasteiger partial charge in [-0.2, -0.15) is 9.97 Å². The number of rotatable bonds is 11. The largest absolute Gasteiger partial charge is 0.481 e. The standard InChI is InChI=1S/C18H22FN5O8S/c1-29-10-16(25)32-9-11(19)7-12-13(5-4-6-20-12)33(27,28)24-18(26)23-17-21-14(30-2)8-15(22-17)31-3/h4-6,8,11H,7,9-10H2,1-3H3,(H2,21,22,23,24,26). The molecular formula is C18H22FN5O8S. The molecule has 2 heterocycles. The first kappa shape index (κ1) is 25.7. The van der Waals surface area contributed by atoms with Crippen molar-refractivity contribution in [3.63, 3.8) is 0 Å². The first-order valence-electron chi connectivity index (χ1n) is 9.22. The van der Waals surface area contributed by atoms with Crippen LogP contribution < -0.4 is 19.5 Å². The highest BCUT2D eigenvalue weighted by Crippen LogP contribution is 2.18. The van der Waals surface area contributed by atoms with Crippen LogP contribution in [0.1, 0.15) is 5.69 Å². The Labute approximate surface area is 188 Å². The Morgan fingerprint density at radius 3 is 2.42 bits per heavy atom. The number of nitrogens with zero attached hydrogens (tertiary/aromatic N) is 3. The third-order valence-electron chi connectivity index (χ3n) is 3.79. The molecule has 0 aliphatic carbocycles. The van der Waals surface area contributed by atoms with Crippen molar-refractivity contribution in [2.75, 3.05) is 39.9 Å². The van der Waals surface area contributed by atoms with Crippen LogP contribution in [0.4, 0.5) is 15.1 Å². The van der Waals surface area contributed by atoms with E-state index in [9.17, 15) is 22.4 Å². The molecule has 1 unspecified atom stereocenters. The van der Waals surface area contributed by atoms with Crippen LogP contribution in [0.15, 0.2) is 29.3 Å². The lowest BCUT2D eigenvalue weighted by atomic mass is 10.2. The number of sulfonamides is 1. The average molecular weight is 487 g/mol. The molecule has 2 aromatic heterocycles. The quantitative estimate of drug-likeness (QED) is 0.423. The van der Waals surface area contributed by atoms with Gasteiger partial charge < -0.3 is 18.9 Å². The van der Waals surface area contributed by atoms with Crippen LogP contribution in [0.3, 0.4) is 0 Å². The number of aromatic nitrogens is 3. The van der Waals surface area contributed by atoms with Crippen molar-refractivity contribution in [3.8, 4) is 11.8 Å². The zero-order valence-electron chi connectivity index (χ0n) is 17.9. The number of ether oxygens (including phenoxy) is 4. The molecule has 0 aromatic carbocycles. The number of amides is 2. The van der Waals surface area contributed by atoms with Gasteiger partial charge >= 0.3 is 12.0 Å². The first-order valence-corrected chi connectivity index (χ1v) is 10.7. The van der Waals surface area contributed by atoms with Crippen LogP contribution in [0.5, 0.6) is 11.8 Å². The number of pyridine rings is 1. The van der Waals surface area contributed by atoms with Gasteiger partial charge in [0.1, 0.15) is 24.3 Å². The fourth-order valence-electron chi connectivity index (χ4n) is 2.41. The molecule has 2 aromatic rings. The van der Waals surface area contributed by atoms with Crippen molar-refractivity contribution < 1.29 is 41.3 Å². The van der Waals surface area contributed by atoms with Crippen molar-refractivity contribution >= 4 is 28.0 Å². The molecule has 0 radical (unpaired) electrons. The summed E-state index contributed by atoms with van der Waals surface area (Å²) in [5.74, 6) is -0.930. The highest BCUT2D eigenvalue weighted by molar-refractivity contribution is 7.90. The molecule has 0 fully saturated rings. The summed E-state index contributed by atoms with van der Waals surface area (Å²) < 4.78 is 60.6. The van der Waals surface area contributed by atoms with E-state index in [-0.39, 0.29) is 30.0 Å². The maximum atomic E-state index is 14.3. The van der Waals surface area contributed by atoms with Gasteiger partial charge in [-0.1, -0.05) is 0 Å². The van der Waals surface area contributed by atoms with Gasteiger partial charge in [-0.25, -0.2) is 27.1 Å². The van der Waals surface area contributed by atoms with E-state index in [2.05, 4.69) is 29.7 Å². The Morgan fingerprint density at radius 2 is 1.82 bits per heavy atom. The molecule has 0 aliphatic heterocycles. The lowest BCUT2D eigenvalue weighted by Crippen LogP contribution is -2.35. The van der Waals surface area contributed by atoms with Crippen molar-refractivity contribution in [1.29, 1.82) is 0 Å². The van der Waals surface area contributed by atoms with E-state index in [1.165, 1.54) is 39.7 Å². The van der Waals surface area contributed by atoms with Gasteiger partial charge in [0.05, 0.1) is 26.0 Å². The van der Waals surface area contributed by atoms with E-state index in [0.717, 1.165) is 6.07 Å². The van der Waals surface area contributed by atoms with E-state index in [0.29, 0.717) is 0 Å². The number of carbonyl (C=O) groups excluding carboxylic acids is 2. The molecule has 1 atom stereocenters. The van der Waals surface area contributed by atoms with E-state index < -0.39 is 46.1 Å². The summed E-state index contributed by atoms with van der Waals surface area (Å²) in [6.45, 7) is -0.973. The molecule has 0 bridgehead atoms. The predicted octanol–water partition coefficient (Wildman–Crippen LogP) is 0.469. The number of hydrogen-bond acceptors (Lipinski definition) is 11. The summed E-state index contributed by atoms with van der Waals surface area (Å²) >= 11 is 0. The Morgan fingerprint density at radius 1 is 1.15 bits per heavy atom. The fraction of sp³-hybridized carbons (Fsp3) is 0.389. The molecule has 2 amide bonds. The monoisotopic (exact) mass is 487 g/mol. The summed E-state index contributed by atoms with van der Waals surface area (Å²) in [6, 6.07) is 2.61. The Bertz CT molecular complexity index is 1060. The zero-order valence-corrected chi connectivity index (χ0v) is 18.7. The molecule has 0 spiro atoms. The smallest absolute Gasteiger partial charge is 0.335 e. The average Bonchev–Trinajstić information content (AvgIpc) is 2.77. The molecule has 13 nitrogen and oxygen atoms in total. The van der Waals surface area contributed by atoms with Gasteiger partial charge in [0.15, 0.2) is 0 Å². The summed E-state index contributed by atoms with van der Waals surface area (Å²) in [5, 5.41) is 2.15. The van der Waals surface area contributed by atoms with Crippen LogP contribution in [0, 0.1) is 0 Å². The highest BCUT2D eigenvalue weighted by atomic mass is 32.2. The zero-order chi connectivity index (χ0) is 24.4. The molecule has 0 saturated heterocycles. The summed E-state index contributed by atoms with van der Waals surface area (Å²) in [6.07, 6.45) is -0.981. The molecule has 180 valence electrons. The van der Waals surface area contributed by atoms with Crippen molar-refractivity contribution in [3.05, 3.63) is 30.1 Å². The van der Waals surface area contributed by atoms with Crippen LogP contribution in [0.25, 0.3) is 0 Å².